The molecule has 0 heterocycles. The summed E-state index contributed by atoms with van der Waals surface area (Å²) in [6, 6.07) is 17.5. The van der Waals surface area contributed by atoms with Crippen molar-refractivity contribution in [2.75, 3.05) is 11.9 Å². The number of phenolic OH excluding ortho intramolecular Hbond substituents is 1. The van der Waals surface area contributed by atoms with E-state index in [-0.39, 0.29) is 12.5 Å². The van der Waals surface area contributed by atoms with Crippen LogP contribution in [0.4, 0.5) is 14.9 Å². The highest BCUT2D eigenvalue weighted by molar-refractivity contribution is 5.93. The first-order chi connectivity index (χ1) is 14.0. The van der Waals surface area contributed by atoms with Gasteiger partial charge in [0.25, 0.3) is 0 Å². The maximum absolute atomic E-state index is 14.3. The molecule has 0 unspecified atom stereocenters. The fraction of sp³-hybridized carbons (Fsp3) is 0.0909. The van der Waals surface area contributed by atoms with Crippen molar-refractivity contribution in [3.63, 3.8) is 0 Å². The molecule has 1 aliphatic rings. The van der Waals surface area contributed by atoms with Gasteiger partial charge in [0.2, 0.25) is 0 Å². The maximum atomic E-state index is 14.3. The van der Waals surface area contributed by atoms with E-state index in [4.69, 9.17) is 9.84 Å². The first-order valence-corrected chi connectivity index (χ1v) is 8.84. The van der Waals surface area contributed by atoms with Crippen LogP contribution in [0.3, 0.4) is 0 Å². The number of halogens is 1. The van der Waals surface area contributed by atoms with Crippen molar-refractivity contribution in [1.82, 2.24) is 0 Å². The Balaban J connectivity index is 1.53. The summed E-state index contributed by atoms with van der Waals surface area (Å²) >= 11 is 0. The quantitative estimate of drug-likeness (QED) is 0.564. The van der Waals surface area contributed by atoms with Crippen LogP contribution in [0.1, 0.15) is 27.4 Å². The first kappa shape index (κ1) is 18.5. The maximum Gasteiger partial charge on any atom is 0.411 e. The molecule has 1 aliphatic carbocycles. The number of carboxylic acids is 1. The number of carbonyl (C=O) groups is 2. The van der Waals surface area contributed by atoms with Gasteiger partial charge in [-0.1, -0.05) is 48.5 Å². The number of nitrogens with one attached hydrogen (secondary N) is 1. The van der Waals surface area contributed by atoms with Gasteiger partial charge >= 0.3 is 12.1 Å². The van der Waals surface area contributed by atoms with Crippen LogP contribution in [0.15, 0.2) is 60.7 Å². The number of carbonyl (C=O) groups excluding carboxylic acids is 1. The summed E-state index contributed by atoms with van der Waals surface area (Å²) in [7, 11) is 0. The van der Waals surface area contributed by atoms with Crippen LogP contribution >= 0.6 is 0 Å². The number of rotatable bonds is 4. The van der Waals surface area contributed by atoms with Crippen molar-refractivity contribution in [3.05, 3.63) is 83.2 Å². The summed E-state index contributed by atoms with van der Waals surface area (Å²) in [5, 5.41) is 20.9. The van der Waals surface area contributed by atoms with Gasteiger partial charge in [0.1, 0.15) is 18.0 Å². The number of phenols is 1. The molecule has 0 radical (unpaired) electrons. The number of carboxylic acid groups (broad SMARTS) is 1. The van der Waals surface area contributed by atoms with Crippen LogP contribution in [0, 0.1) is 5.82 Å². The van der Waals surface area contributed by atoms with Crippen LogP contribution < -0.4 is 5.32 Å². The van der Waals surface area contributed by atoms with Crippen molar-refractivity contribution in [3.8, 4) is 16.9 Å². The Kier molecular flexibility index (Phi) is 4.64. The Morgan fingerprint density at radius 3 is 2.14 bits per heavy atom. The predicted octanol–water partition coefficient (Wildman–Crippen LogP) is 4.59. The third kappa shape index (κ3) is 3.27. The molecular weight excluding hydrogens is 377 g/mol. The zero-order chi connectivity index (χ0) is 20.5. The molecule has 0 saturated heterocycles. The lowest BCUT2D eigenvalue weighted by molar-refractivity contribution is 0.0691. The molecule has 3 aromatic carbocycles. The van der Waals surface area contributed by atoms with E-state index in [1.165, 1.54) is 0 Å². The minimum Gasteiger partial charge on any atom is -0.506 e. The molecule has 6 nitrogen and oxygen atoms in total. The average molecular weight is 393 g/mol. The Morgan fingerprint density at radius 2 is 1.55 bits per heavy atom. The van der Waals surface area contributed by atoms with Gasteiger partial charge in [0.15, 0.2) is 5.82 Å². The Morgan fingerprint density at radius 1 is 0.966 bits per heavy atom. The molecule has 0 spiro atoms. The van der Waals surface area contributed by atoms with Gasteiger partial charge in [-0.3, -0.25) is 5.32 Å². The molecule has 146 valence electrons. The number of hydrogen-bond acceptors (Lipinski definition) is 4. The van der Waals surface area contributed by atoms with Gasteiger partial charge in [0.05, 0.1) is 5.56 Å². The molecular formula is C22H16FNO5. The minimum absolute atomic E-state index is 0.000855. The third-order valence-electron chi connectivity index (χ3n) is 4.92. The fourth-order valence-corrected chi connectivity index (χ4v) is 3.59. The predicted molar refractivity (Wildman–Crippen MR) is 104 cm³/mol. The van der Waals surface area contributed by atoms with Gasteiger partial charge in [-0.2, -0.15) is 0 Å². The second kappa shape index (κ2) is 7.27. The van der Waals surface area contributed by atoms with E-state index in [0.717, 1.165) is 34.4 Å². The van der Waals surface area contributed by atoms with E-state index in [1.807, 2.05) is 48.5 Å². The van der Waals surface area contributed by atoms with Crippen LogP contribution in [-0.2, 0) is 4.74 Å². The second-order valence-corrected chi connectivity index (χ2v) is 6.58. The summed E-state index contributed by atoms with van der Waals surface area (Å²) in [5.41, 5.74) is 2.86. The van der Waals surface area contributed by atoms with Gasteiger partial charge in [-0.05, 0) is 34.4 Å². The number of aromatic hydroxyl groups is 1. The Bertz CT molecular complexity index is 1080. The highest BCUT2D eigenvalue weighted by atomic mass is 19.1. The molecule has 0 saturated carbocycles. The van der Waals surface area contributed by atoms with Crippen LogP contribution in [0.2, 0.25) is 0 Å². The third-order valence-corrected chi connectivity index (χ3v) is 4.92. The number of aromatic carboxylic acids is 1. The fourth-order valence-electron chi connectivity index (χ4n) is 3.59. The second-order valence-electron chi connectivity index (χ2n) is 6.58. The summed E-state index contributed by atoms with van der Waals surface area (Å²) in [5.74, 6) is -3.54. The molecule has 0 atom stereocenters. The molecule has 7 heteroatoms. The number of amides is 1. The SMILES string of the molecule is O=C(Nc1c(O)ccc(C(=O)O)c1F)OCC1c2ccccc2-c2ccccc21. The van der Waals surface area contributed by atoms with Crippen LogP contribution in [0.25, 0.3) is 11.1 Å². The van der Waals surface area contributed by atoms with Crippen molar-refractivity contribution < 1.29 is 28.9 Å². The molecule has 3 N–H and O–H groups in total. The van der Waals surface area contributed by atoms with E-state index in [0.29, 0.717) is 0 Å². The lowest BCUT2D eigenvalue weighted by Gasteiger charge is -2.15. The summed E-state index contributed by atoms with van der Waals surface area (Å²) in [6.07, 6.45) is -0.997. The van der Waals surface area contributed by atoms with E-state index < -0.39 is 34.9 Å². The molecule has 1 amide bonds. The van der Waals surface area contributed by atoms with Gasteiger partial charge in [0, 0.05) is 5.92 Å². The lowest BCUT2D eigenvalue weighted by atomic mass is 9.98. The van der Waals surface area contributed by atoms with Gasteiger partial charge in [-0.15, -0.1) is 0 Å². The molecule has 3 aromatic rings. The van der Waals surface area contributed by atoms with Crippen LogP contribution in [0.5, 0.6) is 5.75 Å². The van der Waals surface area contributed by atoms with Crippen molar-refractivity contribution in [1.29, 1.82) is 0 Å². The molecule has 0 aromatic heterocycles. The summed E-state index contributed by atoms with van der Waals surface area (Å²) in [4.78, 5) is 23.3. The normalized spacial score (nSPS) is 12.2. The highest BCUT2D eigenvalue weighted by Crippen LogP contribution is 2.44. The lowest BCUT2D eigenvalue weighted by Crippen LogP contribution is -2.19. The van der Waals surface area contributed by atoms with Crippen LogP contribution in [-0.4, -0.2) is 28.9 Å². The number of anilines is 1. The van der Waals surface area contributed by atoms with E-state index in [1.54, 1.807) is 0 Å². The number of ether oxygens (including phenoxy) is 1. The Hall–Kier alpha value is -3.87. The van der Waals surface area contributed by atoms with Crippen molar-refractivity contribution in [2.24, 2.45) is 0 Å². The summed E-state index contributed by atoms with van der Waals surface area (Å²) in [6.45, 7) is 0.000855. The van der Waals surface area contributed by atoms with E-state index >= 15 is 0 Å². The monoisotopic (exact) mass is 393 g/mol. The van der Waals surface area contributed by atoms with Crippen molar-refractivity contribution in [2.45, 2.75) is 5.92 Å². The molecule has 29 heavy (non-hydrogen) atoms. The van der Waals surface area contributed by atoms with Gasteiger partial charge in [-0.25, -0.2) is 14.0 Å². The van der Waals surface area contributed by atoms with Gasteiger partial charge < -0.3 is 14.9 Å². The first-order valence-electron chi connectivity index (χ1n) is 8.84. The van der Waals surface area contributed by atoms with Crippen molar-refractivity contribution >= 4 is 17.7 Å². The standard InChI is InChI=1S/C22H16FNO5/c23-19-16(21(26)27)9-10-18(25)20(19)24-22(28)29-11-17-14-7-3-1-5-12(14)13-6-2-4-8-15(13)17/h1-10,17,25H,11H2,(H,24,28)(H,26,27). The zero-order valence-electron chi connectivity index (χ0n) is 15.1. The Labute approximate surface area is 165 Å². The molecule has 0 aliphatic heterocycles. The smallest absolute Gasteiger partial charge is 0.411 e. The molecule has 0 fully saturated rings. The molecule has 0 bridgehead atoms. The van der Waals surface area contributed by atoms with E-state index in [9.17, 15) is 19.1 Å². The molecule has 4 rings (SSSR count). The topological polar surface area (TPSA) is 95.9 Å². The minimum atomic E-state index is -1.52. The number of benzene rings is 3. The average Bonchev–Trinajstić information content (AvgIpc) is 3.03. The van der Waals surface area contributed by atoms with E-state index in [2.05, 4.69) is 5.32 Å². The zero-order valence-corrected chi connectivity index (χ0v) is 15.1. The largest absolute Gasteiger partial charge is 0.506 e. The number of fused-ring (bicyclic) bond motifs is 3. The highest BCUT2D eigenvalue weighted by Gasteiger charge is 2.29. The summed E-state index contributed by atoms with van der Waals surface area (Å²) < 4.78 is 19.5. The number of hydrogen-bond donors (Lipinski definition) is 3.